The summed E-state index contributed by atoms with van der Waals surface area (Å²) >= 11 is 1.68. The average Bonchev–Trinajstić information content (AvgIpc) is 3.09. The first kappa shape index (κ1) is 20.3. The molecule has 1 amide bonds. The molecule has 1 aromatic heterocycles. The summed E-state index contributed by atoms with van der Waals surface area (Å²) in [6.07, 6.45) is 0. The van der Waals surface area contributed by atoms with E-state index in [1.165, 1.54) is 11.8 Å². The van der Waals surface area contributed by atoms with Gasteiger partial charge in [-0.25, -0.2) is 0 Å². The maximum absolute atomic E-state index is 12.3. The zero-order valence-electron chi connectivity index (χ0n) is 15.1. The Morgan fingerprint density at radius 3 is 2.46 bits per heavy atom. The molecule has 0 spiro atoms. The first-order valence-corrected chi connectivity index (χ1v) is 10.1. The van der Waals surface area contributed by atoms with Gasteiger partial charge in [0.2, 0.25) is 11.1 Å². The highest BCUT2D eigenvalue weighted by Gasteiger charge is 2.15. The van der Waals surface area contributed by atoms with Crippen LogP contribution in [0.2, 0.25) is 0 Å². The lowest BCUT2D eigenvalue weighted by Crippen LogP contribution is -2.14. The van der Waals surface area contributed by atoms with E-state index in [0.717, 1.165) is 16.8 Å². The van der Waals surface area contributed by atoms with E-state index in [9.17, 15) is 13.6 Å². The number of rotatable bonds is 7. The fourth-order valence-corrected chi connectivity index (χ4v) is 3.77. The molecule has 10 heteroatoms. The van der Waals surface area contributed by atoms with Crippen LogP contribution in [0.3, 0.4) is 0 Å². The Bertz CT molecular complexity index is 943. The highest BCUT2D eigenvalue weighted by atomic mass is 32.2. The molecule has 0 radical (unpaired) electrons. The van der Waals surface area contributed by atoms with Crippen LogP contribution in [0.4, 0.5) is 14.5 Å². The third kappa shape index (κ3) is 5.08. The van der Waals surface area contributed by atoms with Gasteiger partial charge in [0.15, 0.2) is 0 Å². The van der Waals surface area contributed by atoms with Gasteiger partial charge in [-0.1, -0.05) is 41.7 Å². The second kappa shape index (κ2) is 9.16. The number of alkyl halides is 2. The molecular formula is C18H17F2N5OS2. The van der Waals surface area contributed by atoms with Gasteiger partial charge in [-0.3, -0.25) is 4.79 Å². The lowest BCUT2D eigenvalue weighted by atomic mass is 10.1. The van der Waals surface area contributed by atoms with Crippen LogP contribution in [-0.2, 0) is 4.79 Å². The number of nitrogens with zero attached hydrogens (tertiary/aromatic N) is 4. The Kier molecular flexibility index (Phi) is 6.63. The molecule has 6 nitrogen and oxygen atoms in total. The van der Waals surface area contributed by atoms with E-state index in [-0.39, 0.29) is 11.7 Å². The topological polar surface area (TPSA) is 72.7 Å². The van der Waals surface area contributed by atoms with Crippen molar-refractivity contribution in [3.63, 3.8) is 0 Å². The average molecular weight is 421 g/mol. The summed E-state index contributed by atoms with van der Waals surface area (Å²) in [4.78, 5) is 12.7. The number of thioether (sulfide) groups is 2. The summed E-state index contributed by atoms with van der Waals surface area (Å²) in [5.74, 6) is -2.60. The van der Waals surface area contributed by atoms with Crippen molar-refractivity contribution in [1.82, 2.24) is 20.2 Å². The standard InChI is InChI=1S/C18H17F2N5OS2/c1-11-4-3-5-12(2)16(11)25-18(22-23-24-25)27-10-15(26)21-13-6-8-14(9-7-13)28-17(19)20/h3-9,17H,10H2,1-2H3,(H,21,26). The number of halogens is 2. The van der Waals surface area contributed by atoms with Crippen molar-refractivity contribution >= 4 is 35.1 Å². The van der Waals surface area contributed by atoms with Gasteiger partial charge in [0.05, 0.1) is 11.4 Å². The summed E-state index contributed by atoms with van der Waals surface area (Å²) in [7, 11) is 0. The van der Waals surface area contributed by atoms with Gasteiger partial charge in [0, 0.05) is 10.6 Å². The van der Waals surface area contributed by atoms with Gasteiger partial charge in [0.25, 0.3) is 5.76 Å². The highest BCUT2D eigenvalue weighted by molar-refractivity contribution is 8.00. The first-order valence-electron chi connectivity index (χ1n) is 8.26. The Morgan fingerprint density at radius 2 is 1.82 bits per heavy atom. The molecule has 3 rings (SSSR count). The van der Waals surface area contributed by atoms with Crippen molar-refractivity contribution < 1.29 is 13.6 Å². The Hall–Kier alpha value is -2.46. The van der Waals surface area contributed by atoms with Gasteiger partial charge in [-0.05, 0) is 59.7 Å². The van der Waals surface area contributed by atoms with Crippen LogP contribution in [0.5, 0.6) is 0 Å². The molecule has 0 bridgehead atoms. The van der Waals surface area contributed by atoms with E-state index >= 15 is 0 Å². The Labute approximate surface area is 169 Å². The minimum absolute atomic E-state index is 0.110. The molecule has 2 aromatic carbocycles. The van der Waals surface area contributed by atoms with Crippen LogP contribution >= 0.6 is 23.5 Å². The number of aromatic nitrogens is 4. The quantitative estimate of drug-likeness (QED) is 0.573. The molecule has 146 valence electrons. The van der Waals surface area contributed by atoms with E-state index in [2.05, 4.69) is 20.8 Å². The van der Waals surface area contributed by atoms with E-state index in [1.54, 1.807) is 28.9 Å². The van der Waals surface area contributed by atoms with E-state index in [0.29, 0.717) is 27.5 Å². The molecule has 0 aliphatic heterocycles. The number of nitrogens with one attached hydrogen (secondary N) is 1. The lowest BCUT2D eigenvalue weighted by Gasteiger charge is -2.10. The summed E-state index contributed by atoms with van der Waals surface area (Å²) in [5.41, 5.74) is 3.49. The number of hydrogen-bond donors (Lipinski definition) is 1. The fraction of sp³-hybridized carbons (Fsp3) is 0.222. The first-order chi connectivity index (χ1) is 13.4. The molecule has 0 aliphatic carbocycles. The van der Waals surface area contributed by atoms with Gasteiger partial charge < -0.3 is 5.32 Å². The maximum Gasteiger partial charge on any atom is 0.288 e. The van der Waals surface area contributed by atoms with Crippen LogP contribution in [-0.4, -0.2) is 37.6 Å². The number of anilines is 1. The lowest BCUT2D eigenvalue weighted by molar-refractivity contribution is -0.113. The van der Waals surface area contributed by atoms with Gasteiger partial charge in [-0.2, -0.15) is 13.5 Å². The molecule has 1 N–H and O–H groups in total. The number of para-hydroxylation sites is 1. The van der Waals surface area contributed by atoms with Crippen molar-refractivity contribution in [3.8, 4) is 5.69 Å². The Balaban J connectivity index is 1.62. The molecule has 0 aliphatic rings. The maximum atomic E-state index is 12.3. The molecule has 0 atom stereocenters. The van der Waals surface area contributed by atoms with Gasteiger partial charge in [0.1, 0.15) is 0 Å². The minimum Gasteiger partial charge on any atom is -0.325 e. The normalized spacial score (nSPS) is 11.0. The van der Waals surface area contributed by atoms with E-state index in [4.69, 9.17) is 0 Å². The van der Waals surface area contributed by atoms with Gasteiger partial charge in [-0.15, -0.1) is 5.10 Å². The zero-order valence-corrected chi connectivity index (χ0v) is 16.7. The molecule has 0 fully saturated rings. The van der Waals surface area contributed by atoms with Crippen LogP contribution < -0.4 is 5.32 Å². The second-order valence-electron chi connectivity index (χ2n) is 5.85. The molecule has 28 heavy (non-hydrogen) atoms. The zero-order chi connectivity index (χ0) is 20.1. The SMILES string of the molecule is Cc1cccc(C)c1-n1nnnc1SCC(=O)Nc1ccc(SC(F)F)cc1. The highest BCUT2D eigenvalue weighted by Crippen LogP contribution is 2.26. The third-order valence-electron chi connectivity index (χ3n) is 3.79. The monoisotopic (exact) mass is 421 g/mol. The van der Waals surface area contributed by atoms with Gasteiger partial charge >= 0.3 is 0 Å². The molecule has 3 aromatic rings. The number of amides is 1. The number of hydrogen-bond acceptors (Lipinski definition) is 6. The third-order valence-corrected chi connectivity index (χ3v) is 5.43. The van der Waals surface area contributed by atoms with Crippen LogP contribution in [0.25, 0.3) is 5.69 Å². The predicted molar refractivity (Wildman–Crippen MR) is 106 cm³/mol. The van der Waals surface area contributed by atoms with Crippen molar-refractivity contribution in [2.45, 2.75) is 29.7 Å². The van der Waals surface area contributed by atoms with Crippen molar-refractivity contribution in [2.24, 2.45) is 0 Å². The van der Waals surface area contributed by atoms with Crippen molar-refractivity contribution in [2.75, 3.05) is 11.1 Å². The van der Waals surface area contributed by atoms with E-state index in [1.807, 2.05) is 32.0 Å². The van der Waals surface area contributed by atoms with Crippen molar-refractivity contribution in [3.05, 3.63) is 53.6 Å². The summed E-state index contributed by atoms with van der Waals surface area (Å²) in [5, 5.41) is 15.0. The number of aryl methyl sites for hydroxylation is 2. The Morgan fingerprint density at radius 1 is 1.14 bits per heavy atom. The number of carbonyl (C=O) groups is 1. The number of carbonyl (C=O) groups excluding carboxylic acids is 1. The van der Waals surface area contributed by atoms with Crippen LogP contribution in [0.1, 0.15) is 11.1 Å². The molecular weight excluding hydrogens is 404 g/mol. The number of benzene rings is 2. The van der Waals surface area contributed by atoms with Crippen LogP contribution in [0, 0.1) is 13.8 Å². The summed E-state index contributed by atoms with van der Waals surface area (Å²) in [6.45, 7) is 3.95. The van der Waals surface area contributed by atoms with Crippen LogP contribution in [0.15, 0.2) is 52.5 Å². The molecule has 0 saturated carbocycles. The minimum atomic E-state index is -2.47. The predicted octanol–water partition coefficient (Wildman–Crippen LogP) is 4.32. The number of tetrazole rings is 1. The summed E-state index contributed by atoms with van der Waals surface area (Å²) in [6, 6.07) is 12.2. The summed E-state index contributed by atoms with van der Waals surface area (Å²) < 4.78 is 26.3. The molecule has 1 heterocycles. The second-order valence-corrected chi connectivity index (χ2v) is 7.86. The molecule has 0 unspecified atom stereocenters. The smallest absolute Gasteiger partial charge is 0.288 e. The fourth-order valence-electron chi connectivity index (χ4n) is 2.60. The van der Waals surface area contributed by atoms with E-state index < -0.39 is 5.76 Å². The molecule has 0 saturated heterocycles. The largest absolute Gasteiger partial charge is 0.325 e. The van der Waals surface area contributed by atoms with Crippen molar-refractivity contribution in [1.29, 1.82) is 0 Å².